The molecule has 184 valence electrons. The van der Waals surface area contributed by atoms with Gasteiger partial charge in [-0.2, -0.15) is 4.98 Å². The maximum absolute atomic E-state index is 6.14. The van der Waals surface area contributed by atoms with Crippen molar-refractivity contribution in [2.45, 2.75) is 59.0 Å². The van der Waals surface area contributed by atoms with E-state index in [2.05, 4.69) is 58.9 Å². The summed E-state index contributed by atoms with van der Waals surface area (Å²) in [7, 11) is 4.31. The van der Waals surface area contributed by atoms with Crippen LogP contribution in [0, 0.1) is 12.8 Å². The minimum atomic E-state index is 0.0381. The first-order chi connectivity index (χ1) is 16.3. The van der Waals surface area contributed by atoms with Crippen molar-refractivity contribution in [2.24, 2.45) is 5.92 Å². The van der Waals surface area contributed by atoms with Crippen LogP contribution in [-0.2, 0) is 6.42 Å². The van der Waals surface area contributed by atoms with E-state index in [0.717, 1.165) is 48.9 Å². The molecule has 0 spiro atoms. The SMILES string of the molecule is CCCC(C)Oc1nc(N)c2nc(Cc3cnc(N4CCC(CN(C)C)CC4)c(C)c3)cn2n1. The molecule has 0 aliphatic carbocycles. The first-order valence-corrected chi connectivity index (χ1v) is 12.4. The summed E-state index contributed by atoms with van der Waals surface area (Å²) >= 11 is 0. The third-order valence-corrected chi connectivity index (χ3v) is 6.41. The molecule has 0 amide bonds. The average molecular weight is 467 g/mol. The number of aromatic nitrogens is 5. The van der Waals surface area contributed by atoms with E-state index in [0.29, 0.717) is 17.9 Å². The lowest BCUT2D eigenvalue weighted by atomic mass is 9.96. The number of piperidine rings is 1. The van der Waals surface area contributed by atoms with E-state index in [4.69, 9.17) is 15.5 Å². The molecule has 2 N–H and O–H groups in total. The number of hydrogen-bond acceptors (Lipinski definition) is 8. The highest BCUT2D eigenvalue weighted by Gasteiger charge is 2.22. The highest BCUT2D eigenvalue weighted by Crippen LogP contribution is 2.26. The molecule has 0 aromatic carbocycles. The summed E-state index contributed by atoms with van der Waals surface area (Å²) in [6.45, 7) is 9.58. The van der Waals surface area contributed by atoms with E-state index in [-0.39, 0.29) is 12.1 Å². The van der Waals surface area contributed by atoms with Crippen molar-refractivity contribution in [1.82, 2.24) is 29.5 Å². The molecule has 3 aromatic rings. The molecule has 9 heteroatoms. The first-order valence-electron chi connectivity index (χ1n) is 12.4. The smallest absolute Gasteiger partial charge is 0.336 e. The zero-order valence-corrected chi connectivity index (χ0v) is 21.2. The van der Waals surface area contributed by atoms with Crippen molar-refractivity contribution in [3.8, 4) is 6.01 Å². The summed E-state index contributed by atoms with van der Waals surface area (Å²) in [5.41, 5.74) is 9.88. The van der Waals surface area contributed by atoms with Crippen LogP contribution in [-0.4, -0.2) is 69.3 Å². The van der Waals surface area contributed by atoms with Crippen LogP contribution in [0.2, 0.25) is 0 Å². The quantitative estimate of drug-likeness (QED) is 0.513. The van der Waals surface area contributed by atoms with Crippen LogP contribution in [0.5, 0.6) is 6.01 Å². The average Bonchev–Trinajstić information content (AvgIpc) is 3.17. The highest BCUT2D eigenvalue weighted by molar-refractivity contribution is 5.59. The number of nitrogens with two attached hydrogens (primary N) is 1. The fourth-order valence-corrected chi connectivity index (χ4v) is 4.82. The van der Waals surface area contributed by atoms with Gasteiger partial charge < -0.3 is 20.3 Å². The van der Waals surface area contributed by atoms with Crippen LogP contribution in [0.4, 0.5) is 11.6 Å². The van der Waals surface area contributed by atoms with Gasteiger partial charge in [-0.3, -0.25) is 0 Å². The summed E-state index contributed by atoms with van der Waals surface area (Å²) in [4.78, 5) is 18.5. The number of nitrogens with zero attached hydrogens (tertiary/aromatic N) is 7. The van der Waals surface area contributed by atoms with Gasteiger partial charge in [0, 0.05) is 32.3 Å². The topological polar surface area (TPSA) is 97.7 Å². The van der Waals surface area contributed by atoms with Crippen LogP contribution in [0.25, 0.3) is 5.65 Å². The monoisotopic (exact) mass is 466 g/mol. The van der Waals surface area contributed by atoms with Gasteiger partial charge in [0.1, 0.15) is 5.82 Å². The number of imidazole rings is 1. The molecule has 3 aromatic heterocycles. The third-order valence-electron chi connectivity index (χ3n) is 6.41. The Morgan fingerprint density at radius 1 is 1.24 bits per heavy atom. The second kappa shape index (κ2) is 10.5. The summed E-state index contributed by atoms with van der Waals surface area (Å²) in [5.74, 6) is 2.19. The van der Waals surface area contributed by atoms with E-state index < -0.39 is 0 Å². The number of aryl methyl sites for hydroxylation is 1. The van der Waals surface area contributed by atoms with Crippen LogP contribution in [0.3, 0.4) is 0 Å². The van der Waals surface area contributed by atoms with Gasteiger partial charge in [-0.1, -0.05) is 19.4 Å². The minimum absolute atomic E-state index is 0.0381. The molecule has 34 heavy (non-hydrogen) atoms. The van der Waals surface area contributed by atoms with Gasteiger partial charge in [0.2, 0.25) is 0 Å². The normalized spacial score (nSPS) is 15.9. The molecule has 1 atom stereocenters. The van der Waals surface area contributed by atoms with Crippen molar-refractivity contribution in [1.29, 1.82) is 0 Å². The molecule has 1 aliphatic rings. The summed E-state index contributed by atoms with van der Waals surface area (Å²) in [6.07, 6.45) is 8.96. The predicted octanol–water partition coefficient (Wildman–Crippen LogP) is 3.35. The van der Waals surface area contributed by atoms with Gasteiger partial charge in [0.25, 0.3) is 0 Å². The van der Waals surface area contributed by atoms with Gasteiger partial charge in [-0.25, -0.2) is 14.5 Å². The molecule has 4 rings (SSSR count). The molecule has 1 unspecified atom stereocenters. The Kier molecular flexibility index (Phi) is 7.50. The number of fused-ring (bicyclic) bond motifs is 1. The molecule has 1 fully saturated rings. The number of nitrogen functional groups attached to an aromatic ring is 1. The Morgan fingerprint density at radius 2 is 2.00 bits per heavy atom. The first kappa shape index (κ1) is 24.2. The number of ether oxygens (including phenoxy) is 1. The number of pyridine rings is 1. The van der Waals surface area contributed by atoms with Gasteiger partial charge in [-0.15, -0.1) is 5.10 Å². The van der Waals surface area contributed by atoms with Crippen molar-refractivity contribution >= 4 is 17.3 Å². The molecule has 0 radical (unpaired) electrons. The summed E-state index contributed by atoms with van der Waals surface area (Å²) < 4.78 is 7.48. The van der Waals surface area contributed by atoms with Crippen molar-refractivity contribution < 1.29 is 4.74 Å². The summed E-state index contributed by atoms with van der Waals surface area (Å²) in [6, 6.07) is 2.50. The van der Waals surface area contributed by atoms with Gasteiger partial charge in [0.05, 0.1) is 18.0 Å². The van der Waals surface area contributed by atoms with E-state index in [1.807, 2.05) is 19.3 Å². The molecule has 1 aliphatic heterocycles. The van der Waals surface area contributed by atoms with Gasteiger partial charge >= 0.3 is 6.01 Å². The van der Waals surface area contributed by atoms with E-state index >= 15 is 0 Å². The Labute approximate surface area is 202 Å². The maximum atomic E-state index is 6.14. The standard InChI is InChI=1S/C25H38N8O/c1-6-7-18(3)34-25-29-22(26)24-28-21(16-33(24)30-25)13-20-12-17(2)23(27-14-20)32-10-8-19(9-11-32)15-31(4)5/h12,14,16,18-19H,6-11,13,15H2,1-5H3,(H2,26,29,30). The number of rotatable bonds is 9. The van der Waals surface area contributed by atoms with Crippen molar-refractivity contribution in [3.05, 3.63) is 35.3 Å². The largest absolute Gasteiger partial charge is 0.459 e. The Morgan fingerprint density at radius 3 is 2.68 bits per heavy atom. The second-order valence-corrected chi connectivity index (χ2v) is 9.85. The number of anilines is 2. The zero-order valence-electron chi connectivity index (χ0n) is 21.2. The second-order valence-electron chi connectivity index (χ2n) is 9.85. The molecule has 0 bridgehead atoms. The fourth-order valence-electron chi connectivity index (χ4n) is 4.82. The molecule has 0 saturated carbocycles. The van der Waals surface area contributed by atoms with Gasteiger partial charge in [-0.05, 0) is 64.3 Å². The number of hydrogen-bond donors (Lipinski definition) is 1. The van der Waals surface area contributed by atoms with E-state index in [1.165, 1.54) is 24.9 Å². The molecule has 4 heterocycles. The Hall–Kier alpha value is -2.94. The molecular formula is C25H38N8O. The van der Waals surface area contributed by atoms with E-state index in [9.17, 15) is 0 Å². The molecule has 9 nitrogen and oxygen atoms in total. The lowest BCUT2D eigenvalue weighted by molar-refractivity contribution is 0.189. The Bertz CT molecular complexity index is 1100. The Balaban J connectivity index is 1.44. The van der Waals surface area contributed by atoms with Crippen molar-refractivity contribution in [2.75, 3.05) is 44.4 Å². The highest BCUT2D eigenvalue weighted by atomic mass is 16.5. The molecular weight excluding hydrogens is 428 g/mol. The fraction of sp³-hybridized carbons (Fsp3) is 0.600. The van der Waals surface area contributed by atoms with Gasteiger partial charge in [0.15, 0.2) is 11.5 Å². The van der Waals surface area contributed by atoms with Crippen LogP contribution in [0.15, 0.2) is 18.5 Å². The van der Waals surface area contributed by atoms with E-state index in [1.54, 1.807) is 4.52 Å². The lowest BCUT2D eigenvalue weighted by Crippen LogP contribution is -2.37. The molecule has 1 saturated heterocycles. The lowest BCUT2D eigenvalue weighted by Gasteiger charge is -2.34. The zero-order chi connectivity index (χ0) is 24.2. The van der Waals surface area contributed by atoms with Crippen LogP contribution in [0.1, 0.15) is 56.4 Å². The van der Waals surface area contributed by atoms with Crippen LogP contribution >= 0.6 is 0 Å². The predicted molar refractivity (Wildman–Crippen MR) is 135 cm³/mol. The third kappa shape index (κ3) is 5.75. The van der Waals surface area contributed by atoms with Crippen molar-refractivity contribution in [3.63, 3.8) is 0 Å². The summed E-state index contributed by atoms with van der Waals surface area (Å²) in [5, 5.41) is 4.45. The maximum Gasteiger partial charge on any atom is 0.336 e. The minimum Gasteiger partial charge on any atom is -0.459 e. The van der Waals surface area contributed by atoms with Crippen LogP contribution < -0.4 is 15.4 Å².